The average Bonchev–Trinajstić information content (AvgIpc) is 3.56. The molecule has 0 aliphatic carbocycles. The Labute approximate surface area is 201 Å². The molecule has 4 heterocycles. The number of nitrogens with one attached hydrogen (secondary N) is 3. The molecular weight excluding hydrogens is 426 g/mol. The standard InChI is InChI=1S/C27H35N5O2/c1-17-5-3-4-6-20(17)21-14-31(2)16-24(21)28-27(33)32-11-9-23-22(15-32)26(30-29-23)19-7-8-25-18(13-19)10-12-34-25/h3-8,13,21-24,26,29-30H,9-12,14-16H2,1-2H3,(H,28,33). The van der Waals surface area contributed by atoms with Gasteiger partial charge in [-0.2, -0.15) is 0 Å². The van der Waals surface area contributed by atoms with Crippen LogP contribution in [0, 0.1) is 12.8 Å². The zero-order valence-electron chi connectivity index (χ0n) is 20.1. The van der Waals surface area contributed by atoms with E-state index in [9.17, 15) is 4.79 Å². The molecule has 3 fully saturated rings. The van der Waals surface area contributed by atoms with Crippen molar-refractivity contribution in [2.24, 2.45) is 5.92 Å². The van der Waals surface area contributed by atoms with Gasteiger partial charge < -0.3 is 19.9 Å². The van der Waals surface area contributed by atoms with Crippen molar-refractivity contribution in [3.05, 3.63) is 64.7 Å². The molecule has 34 heavy (non-hydrogen) atoms. The molecule has 0 aromatic heterocycles. The molecule has 3 saturated heterocycles. The largest absolute Gasteiger partial charge is 0.493 e. The Morgan fingerprint density at radius 3 is 2.88 bits per heavy atom. The van der Waals surface area contributed by atoms with Crippen LogP contribution in [0.2, 0.25) is 0 Å². The van der Waals surface area contributed by atoms with Crippen molar-refractivity contribution in [1.82, 2.24) is 26.0 Å². The SMILES string of the molecule is Cc1ccccc1C1CN(C)CC1NC(=O)N1CCC2NNC(c3ccc4c(c3)CCO4)C2C1. The number of hydrogen-bond acceptors (Lipinski definition) is 5. The number of aryl methyl sites for hydroxylation is 1. The molecule has 2 aromatic rings. The van der Waals surface area contributed by atoms with Crippen molar-refractivity contribution in [2.75, 3.05) is 39.8 Å². The maximum atomic E-state index is 13.4. The highest BCUT2D eigenvalue weighted by Crippen LogP contribution is 2.37. The van der Waals surface area contributed by atoms with Gasteiger partial charge in [0.2, 0.25) is 0 Å². The summed E-state index contributed by atoms with van der Waals surface area (Å²) in [6, 6.07) is 15.9. The van der Waals surface area contributed by atoms with Gasteiger partial charge in [-0.1, -0.05) is 36.4 Å². The van der Waals surface area contributed by atoms with Gasteiger partial charge in [-0.25, -0.2) is 10.2 Å². The number of ether oxygens (including phenoxy) is 1. The van der Waals surface area contributed by atoms with E-state index in [4.69, 9.17) is 4.74 Å². The third-order valence-electron chi connectivity index (χ3n) is 8.27. The van der Waals surface area contributed by atoms with Crippen LogP contribution in [0.1, 0.15) is 40.6 Å². The van der Waals surface area contributed by atoms with E-state index in [1.54, 1.807) is 0 Å². The minimum absolute atomic E-state index is 0.0744. The Kier molecular flexibility index (Phi) is 5.71. The number of piperidine rings is 1. The molecular formula is C27H35N5O2. The first kappa shape index (κ1) is 21.9. The van der Waals surface area contributed by atoms with Crippen LogP contribution in [0.4, 0.5) is 4.79 Å². The lowest BCUT2D eigenvalue weighted by molar-refractivity contribution is 0.151. The molecule has 180 valence electrons. The van der Waals surface area contributed by atoms with Gasteiger partial charge in [0, 0.05) is 50.5 Å². The Bertz CT molecular complexity index is 1070. The Balaban J connectivity index is 1.15. The smallest absolute Gasteiger partial charge is 0.317 e. The van der Waals surface area contributed by atoms with Crippen molar-refractivity contribution in [1.29, 1.82) is 0 Å². The van der Waals surface area contributed by atoms with Crippen LogP contribution in [0.15, 0.2) is 42.5 Å². The Hall–Kier alpha value is -2.61. The van der Waals surface area contributed by atoms with Crippen LogP contribution in [-0.4, -0.2) is 67.7 Å². The molecule has 0 spiro atoms. The highest BCUT2D eigenvalue weighted by Gasteiger charge is 2.43. The van der Waals surface area contributed by atoms with E-state index < -0.39 is 0 Å². The van der Waals surface area contributed by atoms with E-state index in [0.717, 1.165) is 51.4 Å². The van der Waals surface area contributed by atoms with E-state index in [0.29, 0.717) is 17.9 Å². The number of benzene rings is 2. The van der Waals surface area contributed by atoms with Crippen LogP contribution >= 0.6 is 0 Å². The van der Waals surface area contributed by atoms with Crippen LogP contribution in [-0.2, 0) is 6.42 Å². The predicted molar refractivity (Wildman–Crippen MR) is 132 cm³/mol. The molecule has 5 atom stereocenters. The zero-order valence-corrected chi connectivity index (χ0v) is 20.1. The molecule has 0 bridgehead atoms. The van der Waals surface area contributed by atoms with Crippen LogP contribution in [0.25, 0.3) is 0 Å². The number of likely N-dealkylation sites (tertiary alicyclic amines) is 2. The molecule has 0 saturated carbocycles. The second kappa shape index (κ2) is 8.87. The van der Waals surface area contributed by atoms with Gasteiger partial charge >= 0.3 is 6.03 Å². The first-order chi connectivity index (χ1) is 16.6. The number of carbonyl (C=O) groups excluding carboxylic acids is 1. The summed E-state index contributed by atoms with van der Waals surface area (Å²) in [6.45, 7) is 6.33. The third kappa shape index (κ3) is 3.96. The molecule has 5 unspecified atom stereocenters. The summed E-state index contributed by atoms with van der Waals surface area (Å²) in [4.78, 5) is 17.8. The van der Waals surface area contributed by atoms with Crippen molar-refractivity contribution in [3.63, 3.8) is 0 Å². The van der Waals surface area contributed by atoms with Gasteiger partial charge in [-0.15, -0.1) is 0 Å². The molecule has 0 radical (unpaired) electrons. The molecule has 7 nitrogen and oxygen atoms in total. The summed E-state index contributed by atoms with van der Waals surface area (Å²) in [5.74, 6) is 1.68. The van der Waals surface area contributed by atoms with Crippen molar-refractivity contribution in [3.8, 4) is 5.75 Å². The second-order valence-electron chi connectivity index (χ2n) is 10.5. The number of hydrogen-bond donors (Lipinski definition) is 3. The summed E-state index contributed by atoms with van der Waals surface area (Å²) in [7, 11) is 2.14. The quantitative estimate of drug-likeness (QED) is 0.656. The highest BCUT2D eigenvalue weighted by molar-refractivity contribution is 5.75. The first-order valence-corrected chi connectivity index (χ1v) is 12.6. The first-order valence-electron chi connectivity index (χ1n) is 12.6. The normalized spacial score (nSPS) is 30.6. The summed E-state index contributed by atoms with van der Waals surface area (Å²) < 4.78 is 5.69. The van der Waals surface area contributed by atoms with Gasteiger partial charge in [0.15, 0.2) is 0 Å². The Morgan fingerprint density at radius 2 is 2.00 bits per heavy atom. The fourth-order valence-electron chi connectivity index (χ4n) is 6.43. The Morgan fingerprint density at radius 1 is 1.12 bits per heavy atom. The number of likely N-dealkylation sites (N-methyl/N-ethyl adjacent to an activating group) is 1. The summed E-state index contributed by atoms with van der Waals surface area (Å²) in [5, 5.41) is 3.41. The predicted octanol–water partition coefficient (Wildman–Crippen LogP) is 2.58. The van der Waals surface area contributed by atoms with Gasteiger partial charge in [0.05, 0.1) is 18.7 Å². The number of rotatable bonds is 3. The molecule has 2 amide bonds. The highest BCUT2D eigenvalue weighted by atomic mass is 16.5. The van der Waals surface area contributed by atoms with Crippen LogP contribution in [0.5, 0.6) is 5.75 Å². The number of nitrogens with zero attached hydrogens (tertiary/aromatic N) is 2. The fourth-order valence-corrected chi connectivity index (χ4v) is 6.43. The maximum absolute atomic E-state index is 13.4. The summed E-state index contributed by atoms with van der Waals surface area (Å²) >= 11 is 0. The van der Waals surface area contributed by atoms with E-state index >= 15 is 0 Å². The molecule has 6 rings (SSSR count). The average molecular weight is 462 g/mol. The second-order valence-corrected chi connectivity index (χ2v) is 10.5. The minimum Gasteiger partial charge on any atom is -0.493 e. The van der Waals surface area contributed by atoms with E-state index in [-0.39, 0.29) is 18.1 Å². The zero-order chi connectivity index (χ0) is 23.2. The molecule has 3 N–H and O–H groups in total. The van der Waals surface area contributed by atoms with Crippen LogP contribution in [0.3, 0.4) is 0 Å². The molecule has 4 aliphatic rings. The number of amides is 2. The molecule has 4 aliphatic heterocycles. The number of urea groups is 1. The van der Waals surface area contributed by atoms with E-state index in [1.807, 2.05) is 4.90 Å². The maximum Gasteiger partial charge on any atom is 0.317 e. The lowest BCUT2D eigenvalue weighted by Crippen LogP contribution is -2.53. The van der Waals surface area contributed by atoms with Gasteiger partial charge in [-0.3, -0.25) is 5.43 Å². The summed E-state index contributed by atoms with van der Waals surface area (Å²) in [5.41, 5.74) is 12.2. The van der Waals surface area contributed by atoms with Crippen molar-refractivity contribution >= 4 is 6.03 Å². The minimum atomic E-state index is 0.0744. The van der Waals surface area contributed by atoms with Gasteiger partial charge in [0.1, 0.15) is 5.75 Å². The van der Waals surface area contributed by atoms with E-state index in [1.165, 1.54) is 22.3 Å². The lowest BCUT2D eigenvalue weighted by atomic mass is 9.84. The van der Waals surface area contributed by atoms with E-state index in [2.05, 4.69) is 77.5 Å². The third-order valence-corrected chi connectivity index (χ3v) is 8.27. The molecule has 7 heteroatoms. The fraction of sp³-hybridized carbons (Fsp3) is 0.519. The van der Waals surface area contributed by atoms with Crippen molar-refractivity contribution in [2.45, 2.75) is 43.8 Å². The monoisotopic (exact) mass is 461 g/mol. The van der Waals surface area contributed by atoms with Gasteiger partial charge in [0.25, 0.3) is 0 Å². The van der Waals surface area contributed by atoms with Crippen molar-refractivity contribution < 1.29 is 9.53 Å². The number of hydrazine groups is 1. The van der Waals surface area contributed by atoms with Crippen LogP contribution < -0.4 is 20.9 Å². The number of fused-ring (bicyclic) bond motifs is 2. The lowest BCUT2D eigenvalue weighted by Gasteiger charge is -2.37. The number of carbonyl (C=O) groups is 1. The summed E-state index contributed by atoms with van der Waals surface area (Å²) in [6.07, 6.45) is 1.94. The molecule has 2 aromatic carbocycles. The van der Waals surface area contributed by atoms with Gasteiger partial charge in [-0.05, 0) is 48.7 Å². The topological polar surface area (TPSA) is 68.9 Å².